The summed E-state index contributed by atoms with van der Waals surface area (Å²) in [6.07, 6.45) is 0.453. The third-order valence-electron chi connectivity index (χ3n) is 3.71. The predicted molar refractivity (Wildman–Crippen MR) is 85.5 cm³/mol. The molecule has 6 heteroatoms. The summed E-state index contributed by atoms with van der Waals surface area (Å²) in [6, 6.07) is 7.34. The van der Waals surface area contributed by atoms with Crippen LogP contribution in [0.15, 0.2) is 24.3 Å². The number of carbonyl (C=O) groups is 1. The molecule has 22 heavy (non-hydrogen) atoms. The van der Waals surface area contributed by atoms with Gasteiger partial charge in [0, 0.05) is 5.56 Å². The quantitative estimate of drug-likeness (QED) is 0.900. The highest BCUT2D eigenvalue weighted by atomic mass is 32.2. The summed E-state index contributed by atoms with van der Waals surface area (Å²) in [4.78, 5) is 12.2. The highest BCUT2D eigenvalue weighted by Crippen LogP contribution is 2.27. The van der Waals surface area contributed by atoms with Crippen molar-refractivity contribution in [1.29, 1.82) is 0 Å². The highest BCUT2D eigenvalue weighted by Gasteiger charge is 2.33. The maximum absolute atomic E-state index is 12.2. The molecule has 1 aliphatic rings. The van der Waals surface area contributed by atoms with E-state index in [1.54, 1.807) is 0 Å². The molecule has 2 atom stereocenters. The molecule has 1 aromatic rings. The first-order valence-corrected chi connectivity index (χ1v) is 9.37. The van der Waals surface area contributed by atoms with E-state index in [0.717, 1.165) is 11.3 Å². The molecule has 0 unspecified atom stereocenters. The van der Waals surface area contributed by atoms with E-state index in [-0.39, 0.29) is 29.6 Å². The Balaban J connectivity index is 2.06. The van der Waals surface area contributed by atoms with Crippen LogP contribution in [0.1, 0.15) is 38.8 Å². The standard InChI is InChI=1S/C16H23NO4S/c1-11(2)21-15-7-5-4-6-14(15)12(3)17-16(18)13-8-9-22(19,20)10-13/h4-7,11-13H,8-10H2,1-3H3,(H,17,18)/t12-,13-/m0/s1. The Bertz CT molecular complexity index is 639. The average molecular weight is 325 g/mol. The molecule has 1 heterocycles. The van der Waals surface area contributed by atoms with E-state index in [9.17, 15) is 13.2 Å². The Morgan fingerprint density at radius 3 is 2.55 bits per heavy atom. The van der Waals surface area contributed by atoms with Gasteiger partial charge >= 0.3 is 0 Å². The highest BCUT2D eigenvalue weighted by molar-refractivity contribution is 7.91. The van der Waals surface area contributed by atoms with Crippen LogP contribution in [0.2, 0.25) is 0 Å². The first-order chi connectivity index (χ1) is 10.3. The molecule has 0 aromatic heterocycles. The van der Waals surface area contributed by atoms with Gasteiger partial charge in [0.2, 0.25) is 5.91 Å². The van der Waals surface area contributed by atoms with Crippen LogP contribution in [0.5, 0.6) is 5.75 Å². The lowest BCUT2D eigenvalue weighted by atomic mass is 10.0. The molecule has 122 valence electrons. The van der Waals surface area contributed by atoms with Gasteiger partial charge in [-0.25, -0.2) is 8.42 Å². The fourth-order valence-electron chi connectivity index (χ4n) is 2.61. The minimum atomic E-state index is -3.05. The maximum atomic E-state index is 12.2. The van der Waals surface area contributed by atoms with Gasteiger partial charge in [-0.1, -0.05) is 18.2 Å². The topological polar surface area (TPSA) is 72.5 Å². The van der Waals surface area contributed by atoms with Gasteiger partial charge in [0.25, 0.3) is 0 Å². The van der Waals surface area contributed by atoms with Crippen LogP contribution in [-0.4, -0.2) is 31.9 Å². The number of carbonyl (C=O) groups excluding carboxylic acids is 1. The number of sulfone groups is 1. The van der Waals surface area contributed by atoms with Crippen molar-refractivity contribution >= 4 is 15.7 Å². The number of nitrogens with one attached hydrogen (secondary N) is 1. The number of ether oxygens (including phenoxy) is 1. The van der Waals surface area contributed by atoms with E-state index < -0.39 is 15.8 Å². The molecule has 1 amide bonds. The SMILES string of the molecule is CC(C)Oc1ccccc1[C@H](C)NC(=O)[C@H]1CCS(=O)(=O)C1. The van der Waals surface area contributed by atoms with Crippen LogP contribution in [0, 0.1) is 5.92 Å². The maximum Gasteiger partial charge on any atom is 0.224 e. The van der Waals surface area contributed by atoms with Gasteiger partial charge in [-0.15, -0.1) is 0 Å². The molecule has 0 spiro atoms. The summed E-state index contributed by atoms with van der Waals surface area (Å²) in [5.41, 5.74) is 0.894. The number of hydrogen-bond donors (Lipinski definition) is 1. The van der Waals surface area contributed by atoms with Gasteiger partial charge in [0.05, 0.1) is 29.6 Å². The lowest BCUT2D eigenvalue weighted by molar-refractivity contribution is -0.124. The molecule has 2 rings (SSSR count). The van der Waals surface area contributed by atoms with Gasteiger partial charge < -0.3 is 10.1 Å². The molecule has 1 aliphatic heterocycles. The van der Waals surface area contributed by atoms with E-state index in [2.05, 4.69) is 5.32 Å². The second-order valence-corrected chi connectivity index (χ2v) is 8.26. The lowest BCUT2D eigenvalue weighted by Crippen LogP contribution is -2.33. The largest absolute Gasteiger partial charge is 0.491 e. The molecule has 1 N–H and O–H groups in total. The van der Waals surface area contributed by atoms with Gasteiger partial charge in [0.15, 0.2) is 9.84 Å². The second-order valence-electron chi connectivity index (χ2n) is 6.03. The van der Waals surface area contributed by atoms with Crippen molar-refractivity contribution < 1.29 is 17.9 Å². The molecular weight excluding hydrogens is 302 g/mol. The molecule has 1 aromatic carbocycles. The average Bonchev–Trinajstić information content (AvgIpc) is 2.79. The summed E-state index contributed by atoms with van der Waals surface area (Å²) in [6.45, 7) is 5.77. The molecule has 0 radical (unpaired) electrons. The number of amides is 1. The molecule has 0 bridgehead atoms. The van der Waals surface area contributed by atoms with Gasteiger partial charge in [0.1, 0.15) is 5.75 Å². The number of para-hydroxylation sites is 1. The van der Waals surface area contributed by atoms with E-state index in [1.807, 2.05) is 45.0 Å². The summed E-state index contributed by atoms with van der Waals surface area (Å²) in [7, 11) is -3.05. The van der Waals surface area contributed by atoms with E-state index in [4.69, 9.17) is 4.74 Å². The minimum Gasteiger partial charge on any atom is -0.491 e. The molecule has 1 fully saturated rings. The fourth-order valence-corrected chi connectivity index (χ4v) is 4.35. The van der Waals surface area contributed by atoms with Crippen LogP contribution in [0.4, 0.5) is 0 Å². The van der Waals surface area contributed by atoms with Gasteiger partial charge in [-0.2, -0.15) is 0 Å². The monoisotopic (exact) mass is 325 g/mol. The fraction of sp³-hybridized carbons (Fsp3) is 0.562. The minimum absolute atomic E-state index is 0.0454. The summed E-state index contributed by atoms with van der Waals surface area (Å²) in [5, 5.41) is 2.91. The van der Waals surface area contributed by atoms with Crippen molar-refractivity contribution in [2.45, 2.75) is 39.3 Å². The van der Waals surface area contributed by atoms with E-state index >= 15 is 0 Å². The summed E-state index contributed by atoms with van der Waals surface area (Å²) in [5.74, 6) is 0.158. The summed E-state index contributed by atoms with van der Waals surface area (Å²) < 4.78 is 28.7. The first kappa shape index (κ1) is 16.8. The molecule has 1 saturated heterocycles. The lowest BCUT2D eigenvalue weighted by Gasteiger charge is -2.21. The zero-order valence-corrected chi connectivity index (χ0v) is 14.0. The molecular formula is C16H23NO4S. The van der Waals surface area contributed by atoms with Crippen molar-refractivity contribution in [3.05, 3.63) is 29.8 Å². The van der Waals surface area contributed by atoms with Crippen LogP contribution < -0.4 is 10.1 Å². The Morgan fingerprint density at radius 1 is 1.27 bits per heavy atom. The van der Waals surface area contributed by atoms with Crippen molar-refractivity contribution in [3.63, 3.8) is 0 Å². The van der Waals surface area contributed by atoms with Gasteiger partial charge in [-0.3, -0.25) is 4.79 Å². The second kappa shape index (κ2) is 6.69. The Kier molecular flexibility index (Phi) is 5.11. The van der Waals surface area contributed by atoms with E-state index in [0.29, 0.717) is 6.42 Å². The van der Waals surface area contributed by atoms with Crippen molar-refractivity contribution in [3.8, 4) is 5.75 Å². The molecule has 5 nitrogen and oxygen atoms in total. The third kappa shape index (κ3) is 4.22. The third-order valence-corrected chi connectivity index (χ3v) is 5.48. The van der Waals surface area contributed by atoms with Crippen molar-refractivity contribution in [1.82, 2.24) is 5.32 Å². The number of benzene rings is 1. The predicted octanol–water partition coefficient (Wildman–Crippen LogP) is 2.09. The zero-order chi connectivity index (χ0) is 16.3. The Hall–Kier alpha value is -1.56. The van der Waals surface area contributed by atoms with Gasteiger partial charge in [-0.05, 0) is 33.3 Å². The van der Waals surface area contributed by atoms with Crippen LogP contribution >= 0.6 is 0 Å². The number of hydrogen-bond acceptors (Lipinski definition) is 4. The van der Waals surface area contributed by atoms with Crippen LogP contribution in [0.3, 0.4) is 0 Å². The molecule has 0 saturated carbocycles. The van der Waals surface area contributed by atoms with Crippen LogP contribution in [0.25, 0.3) is 0 Å². The Labute approximate surface area is 132 Å². The molecule has 0 aliphatic carbocycles. The van der Waals surface area contributed by atoms with Crippen molar-refractivity contribution in [2.75, 3.05) is 11.5 Å². The summed E-state index contributed by atoms with van der Waals surface area (Å²) >= 11 is 0. The zero-order valence-electron chi connectivity index (χ0n) is 13.2. The van der Waals surface area contributed by atoms with Crippen molar-refractivity contribution in [2.24, 2.45) is 5.92 Å². The van der Waals surface area contributed by atoms with Crippen LogP contribution in [-0.2, 0) is 14.6 Å². The first-order valence-electron chi connectivity index (χ1n) is 7.55. The van der Waals surface area contributed by atoms with E-state index in [1.165, 1.54) is 0 Å². The number of rotatable bonds is 5. The smallest absolute Gasteiger partial charge is 0.224 e. The Morgan fingerprint density at radius 2 is 1.95 bits per heavy atom. The normalized spacial score (nSPS) is 21.5.